The van der Waals surface area contributed by atoms with E-state index in [1.54, 1.807) is 27.3 Å². The first kappa shape index (κ1) is 18.8. The summed E-state index contributed by atoms with van der Waals surface area (Å²) in [6.07, 6.45) is 5.34. The number of halogens is 1. The summed E-state index contributed by atoms with van der Waals surface area (Å²) in [5, 5.41) is 8.59. The molecule has 0 aliphatic carbocycles. The fourth-order valence-electron chi connectivity index (χ4n) is 3.77. The fraction of sp³-hybridized carbons (Fsp3) is 0.286. The molecule has 0 spiro atoms. The molecule has 9 heteroatoms. The van der Waals surface area contributed by atoms with E-state index in [2.05, 4.69) is 10.2 Å². The highest BCUT2D eigenvalue weighted by Gasteiger charge is 2.23. The summed E-state index contributed by atoms with van der Waals surface area (Å²) in [5.41, 5.74) is 1.61. The summed E-state index contributed by atoms with van der Waals surface area (Å²) in [6, 6.07) is 9.76. The van der Waals surface area contributed by atoms with Crippen molar-refractivity contribution in [3.05, 3.63) is 54.1 Å². The molecule has 1 aliphatic heterocycles. The first-order chi connectivity index (χ1) is 14.6. The quantitative estimate of drug-likeness (QED) is 0.534. The number of carbonyl (C=O) groups excluding carboxylic acids is 1. The van der Waals surface area contributed by atoms with Crippen molar-refractivity contribution >= 4 is 33.2 Å². The lowest BCUT2D eigenvalue weighted by Crippen LogP contribution is -2.29. The Morgan fingerprint density at radius 2 is 2.00 bits per heavy atom. The molecule has 3 aromatic heterocycles. The van der Waals surface area contributed by atoms with Gasteiger partial charge in [0.2, 0.25) is 10.1 Å². The van der Waals surface area contributed by atoms with Crippen LogP contribution in [0.5, 0.6) is 0 Å². The minimum atomic E-state index is -0.356. The van der Waals surface area contributed by atoms with Crippen LogP contribution in [0.1, 0.15) is 29.8 Å². The maximum absolute atomic E-state index is 13.9. The topological polar surface area (TPSA) is 67.5 Å². The summed E-state index contributed by atoms with van der Waals surface area (Å²) < 4.78 is 17.3. The van der Waals surface area contributed by atoms with E-state index in [0.29, 0.717) is 27.7 Å². The number of fused-ring (bicyclic) bond motifs is 1. The van der Waals surface area contributed by atoms with Crippen molar-refractivity contribution in [1.29, 1.82) is 0 Å². The molecule has 1 aromatic carbocycles. The summed E-state index contributed by atoms with van der Waals surface area (Å²) in [6.45, 7) is 1.94. The molecule has 0 unspecified atom stereocenters. The summed E-state index contributed by atoms with van der Waals surface area (Å²) >= 11 is 1.48. The SMILES string of the molecule is Cn1cccc1C(=O)Nc1c(-c2cccc(F)c2)nc2sc(N3CCCCC3)nn12. The molecule has 1 amide bonds. The third kappa shape index (κ3) is 3.35. The lowest BCUT2D eigenvalue weighted by molar-refractivity contribution is 0.101. The van der Waals surface area contributed by atoms with E-state index in [4.69, 9.17) is 10.1 Å². The van der Waals surface area contributed by atoms with Crippen molar-refractivity contribution in [2.24, 2.45) is 7.05 Å². The maximum Gasteiger partial charge on any atom is 0.273 e. The third-order valence-electron chi connectivity index (χ3n) is 5.33. The van der Waals surface area contributed by atoms with Crippen LogP contribution in [0.15, 0.2) is 42.6 Å². The molecule has 0 radical (unpaired) electrons. The summed E-state index contributed by atoms with van der Waals surface area (Å²) in [4.78, 5) is 20.5. The number of amides is 1. The van der Waals surface area contributed by atoms with Gasteiger partial charge >= 0.3 is 0 Å². The molecule has 0 atom stereocenters. The van der Waals surface area contributed by atoms with Gasteiger partial charge in [-0.3, -0.25) is 4.79 Å². The van der Waals surface area contributed by atoms with Crippen molar-refractivity contribution in [2.45, 2.75) is 19.3 Å². The van der Waals surface area contributed by atoms with Gasteiger partial charge in [0.05, 0.1) is 0 Å². The Morgan fingerprint density at radius 1 is 1.17 bits per heavy atom. The highest BCUT2D eigenvalue weighted by atomic mass is 32.1. The average molecular weight is 425 g/mol. The largest absolute Gasteiger partial charge is 0.347 e. The zero-order chi connectivity index (χ0) is 20.7. The number of hydrogen-bond acceptors (Lipinski definition) is 5. The number of aryl methyl sites for hydroxylation is 1. The van der Waals surface area contributed by atoms with E-state index in [-0.39, 0.29) is 11.7 Å². The van der Waals surface area contributed by atoms with Crippen LogP contribution in [0.2, 0.25) is 0 Å². The minimum Gasteiger partial charge on any atom is -0.347 e. The van der Waals surface area contributed by atoms with Crippen LogP contribution in [-0.4, -0.2) is 38.2 Å². The van der Waals surface area contributed by atoms with Gasteiger partial charge in [0.15, 0.2) is 5.82 Å². The second-order valence-corrected chi connectivity index (χ2v) is 8.34. The number of aromatic nitrogens is 4. The van der Waals surface area contributed by atoms with Gasteiger partial charge in [0, 0.05) is 31.9 Å². The van der Waals surface area contributed by atoms with Crippen LogP contribution in [-0.2, 0) is 7.05 Å². The van der Waals surface area contributed by atoms with E-state index in [9.17, 15) is 9.18 Å². The molecule has 154 valence electrons. The van der Waals surface area contributed by atoms with Crippen molar-refractivity contribution < 1.29 is 9.18 Å². The Balaban J connectivity index is 1.59. The van der Waals surface area contributed by atoms with Crippen molar-refractivity contribution in [1.82, 2.24) is 19.2 Å². The number of hydrogen-bond donors (Lipinski definition) is 1. The number of nitrogens with zero attached hydrogens (tertiary/aromatic N) is 5. The minimum absolute atomic E-state index is 0.269. The van der Waals surface area contributed by atoms with E-state index >= 15 is 0 Å². The molecule has 0 bridgehead atoms. The highest BCUT2D eigenvalue weighted by molar-refractivity contribution is 7.20. The fourth-order valence-corrected chi connectivity index (χ4v) is 4.72. The van der Waals surface area contributed by atoms with Gasteiger partial charge in [0.25, 0.3) is 5.91 Å². The molecule has 1 aliphatic rings. The Morgan fingerprint density at radius 3 is 2.73 bits per heavy atom. The second kappa shape index (κ2) is 7.56. The van der Waals surface area contributed by atoms with Crippen LogP contribution >= 0.6 is 11.3 Å². The van der Waals surface area contributed by atoms with E-state index < -0.39 is 0 Å². The number of rotatable bonds is 4. The molecule has 4 aromatic rings. The Kier molecular flexibility index (Phi) is 4.74. The first-order valence-electron chi connectivity index (χ1n) is 9.93. The third-order valence-corrected chi connectivity index (χ3v) is 6.30. The lowest BCUT2D eigenvalue weighted by atomic mass is 10.1. The molecule has 4 heterocycles. The van der Waals surface area contributed by atoms with Crippen molar-refractivity contribution in [3.63, 3.8) is 0 Å². The Bertz CT molecular complexity index is 1220. The number of imidazole rings is 1. The van der Waals surface area contributed by atoms with E-state index in [1.807, 2.05) is 19.3 Å². The summed E-state index contributed by atoms with van der Waals surface area (Å²) in [7, 11) is 1.81. The molecular formula is C21H21FN6OS. The molecule has 5 rings (SSSR count). The zero-order valence-corrected chi connectivity index (χ0v) is 17.3. The molecule has 1 saturated heterocycles. The number of anilines is 2. The van der Waals surface area contributed by atoms with Crippen LogP contribution < -0.4 is 10.2 Å². The predicted octanol–water partition coefficient (Wildman–Crippen LogP) is 4.18. The second-order valence-electron chi connectivity index (χ2n) is 7.40. The molecule has 30 heavy (non-hydrogen) atoms. The molecule has 1 N–H and O–H groups in total. The molecule has 1 fully saturated rings. The number of nitrogens with one attached hydrogen (secondary N) is 1. The normalized spacial score (nSPS) is 14.4. The predicted molar refractivity (Wildman–Crippen MR) is 116 cm³/mol. The zero-order valence-electron chi connectivity index (χ0n) is 16.5. The van der Waals surface area contributed by atoms with Gasteiger partial charge in [-0.25, -0.2) is 9.37 Å². The van der Waals surface area contributed by atoms with Gasteiger partial charge in [-0.2, -0.15) is 4.52 Å². The van der Waals surface area contributed by atoms with Gasteiger partial charge in [-0.1, -0.05) is 23.5 Å². The van der Waals surface area contributed by atoms with E-state index in [0.717, 1.165) is 31.1 Å². The number of benzene rings is 1. The highest BCUT2D eigenvalue weighted by Crippen LogP contribution is 2.34. The number of piperidine rings is 1. The van der Waals surface area contributed by atoms with Gasteiger partial charge in [0.1, 0.15) is 17.2 Å². The lowest BCUT2D eigenvalue weighted by Gasteiger charge is -2.25. The van der Waals surface area contributed by atoms with Crippen LogP contribution in [0, 0.1) is 5.82 Å². The van der Waals surface area contributed by atoms with Crippen molar-refractivity contribution in [3.8, 4) is 11.3 Å². The molecule has 0 saturated carbocycles. The van der Waals surface area contributed by atoms with Crippen LogP contribution in [0.25, 0.3) is 16.2 Å². The Labute approximate surface area is 176 Å². The monoisotopic (exact) mass is 424 g/mol. The maximum atomic E-state index is 13.9. The number of carbonyl (C=O) groups is 1. The standard InChI is InChI=1S/C21H21FN6OS/c1-26-10-6-9-16(26)19(29)24-18-17(14-7-5-8-15(22)13-14)23-20-28(18)25-21(30-20)27-11-3-2-4-12-27/h5-10,13H,2-4,11-12H2,1H3,(H,24,29). The van der Waals surface area contributed by atoms with Gasteiger partial charge in [-0.05, 0) is 43.5 Å². The van der Waals surface area contributed by atoms with Crippen LogP contribution in [0.3, 0.4) is 0 Å². The van der Waals surface area contributed by atoms with Crippen molar-refractivity contribution in [2.75, 3.05) is 23.3 Å². The first-order valence-corrected chi connectivity index (χ1v) is 10.7. The molecule has 7 nitrogen and oxygen atoms in total. The summed E-state index contributed by atoms with van der Waals surface area (Å²) in [5.74, 6) is -0.179. The van der Waals surface area contributed by atoms with Crippen LogP contribution in [0.4, 0.5) is 15.3 Å². The van der Waals surface area contributed by atoms with Gasteiger partial charge < -0.3 is 14.8 Å². The molecular weight excluding hydrogens is 403 g/mol. The average Bonchev–Trinajstić information content (AvgIpc) is 3.44. The smallest absolute Gasteiger partial charge is 0.273 e. The Hall–Kier alpha value is -3.20. The van der Waals surface area contributed by atoms with Gasteiger partial charge in [-0.15, -0.1) is 5.10 Å². The van der Waals surface area contributed by atoms with E-state index in [1.165, 1.54) is 29.9 Å².